The number of methoxy groups -OCH3 is 1. The summed E-state index contributed by atoms with van der Waals surface area (Å²) < 4.78 is 4.40. The highest BCUT2D eigenvalue weighted by Crippen LogP contribution is 2.02. The van der Waals surface area contributed by atoms with E-state index in [0.717, 1.165) is 0 Å². The third kappa shape index (κ3) is 3.12. The monoisotopic (exact) mass is 203 g/mol. The van der Waals surface area contributed by atoms with Gasteiger partial charge in [0.25, 0.3) is 0 Å². The van der Waals surface area contributed by atoms with Crippen molar-refractivity contribution < 1.29 is 9.53 Å². The average molecular weight is 203 g/mol. The SMILES string of the molecule is COC(=O)/C(C#N)=C/Nc1ccccn1. The van der Waals surface area contributed by atoms with Gasteiger partial charge in [0.15, 0.2) is 5.57 Å². The Morgan fingerprint density at radius 2 is 2.47 bits per heavy atom. The van der Waals surface area contributed by atoms with Gasteiger partial charge >= 0.3 is 5.97 Å². The van der Waals surface area contributed by atoms with Gasteiger partial charge in [0.05, 0.1) is 7.11 Å². The molecule has 0 saturated heterocycles. The first kappa shape index (κ1) is 10.7. The van der Waals surface area contributed by atoms with E-state index in [-0.39, 0.29) is 5.57 Å². The summed E-state index contributed by atoms with van der Waals surface area (Å²) in [5.41, 5.74) is -0.108. The molecular formula is C10H9N3O2. The lowest BCUT2D eigenvalue weighted by molar-refractivity contribution is -0.135. The van der Waals surface area contributed by atoms with E-state index in [0.29, 0.717) is 5.82 Å². The Kier molecular flexibility index (Phi) is 3.86. The Morgan fingerprint density at radius 3 is 3.00 bits per heavy atom. The van der Waals surface area contributed by atoms with E-state index in [4.69, 9.17) is 5.26 Å². The maximum absolute atomic E-state index is 11.0. The van der Waals surface area contributed by atoms with Crippen LogP contribution in [-0.2, 0) is 9.53 Å². The third-order valence-electron chi connectivity index (χ3n) is 1.56. The van der Waals surface area contributed by atoms with E-state index >= 15 is 0 Å². The van der Waals surface area contributed by atoms with Gasteiger partial charge < -0.3 is 10.1 Å². The van der Waals surface area contributed by atoms with Crippen LogP contribution in [0.1, 0.15) is 0 Å². The molecule has 5 nitrogen and oxygen atoms in total. The maximum Gasteiger partial charge on any atom is 0.350 e. The summed E-state index contributed by atoms with van der Waals surface area (Å²) in [6.07, 6.45) is 2.86. The molecule has 0 radical (unpaired) electrons. The van der Waals surface area contributed by atoms with Crippen molar-refractivity contribution in [2.24, 2.45) is 0 Å². The number of hydrogen-bond acceptors (Lipinski definition) is 5. The second kappa shape index (κ2) is 5.40. The van der Waals surface area contributed by atoms with Gasteiger partial charge in [0, 0.05) is 12.4 Å². The fourth-order valence-electron chi connectivity index (χ4n) is 0.841. The number of hydrogen-bond donors (Lipinski definition) is 1. The summed E-state index contributed by atoms with van der Waals surface area (Å²) in [4.78, 5) is 14.9. The highest BCUT2D eigenvalue weighted by Gasteiger charge is 2.07. The smallest absolute Gasteiger partial charge is 0.350 e. The van der Waals surface area contributed by atoms with Gasteiger partial charge in [-0.15, -0.1) is 0 Å². The average Bonchev–Trinajstić information content (AvgIpc) is 2.31. The van der Waals surface area contributed by atoms with Crippen LogP contribution >= 0.6 is 0 Å². The van der Waals surface area contributed by atoms with E-state index in [1.54, 1.807) is 30.5 Å². The molecular weight excluding hydrogens is 194 g/mol. The first-order chi connectivity index (χ1) is 7.27. The van der Waals surface area contributed by atoms with Crippen molar-refractivity contribution in [1.29, 1.82) is 5.26 Å². The molecule has 0 aromatic carbocycles. The number of anilines is 1. The normalized spacial score (nSPS) is 10.3. The predicted octanol–water partition coefficient (Wildman–Crippen LogP) is 1.07. The first-order valence-corrected chi connectivity index (χ1v) is 4.14. The van der Waals surface area contributed by atoms with Gasteiger partial charge in [0.1, 0.15) is 11.9 Å². The molecule has 1 heterocycles. The lowest BCUT2D eigenvalue weighted by Gasteiger charge is -1.99. The fourth-order valence-corrected chi connectivity index (χ4v) is 0.841. The Hall–Kier alpha value is -2.35. The Bertz CT molecular complexity index is 406. The summed E-state index contributed by atoms with van der Waals surface area (Å²) in [7, 11) is 1.22. The number of nitrogens with one attached hydrogen (secondary N) is 1. The van der Waals surface area contributed by atoms with Gasteiger partial charge in [-0.1, -0.05) is 6.07 Å². The number of carbonyl (C=O) groups is 1. The standard InChI is InChI=1S/C10H9N3O2/c1-15-10(14)8(6-11)7-13-9-4-2-3-5-12-9/h2-5,7H,1H3,(H,12,13)/b8-7+. The number of nitrogens with zero attached hydrogens (tertiary/aromatic N) is 2. The molecule has 0 aliphatic heterocycles. The quantitative estimate of drug-likeness (QED) is 0.452. The lowest BCUT2D eigenvalue weighted by Crippen LogP contribution is -2.05. The van der Waals surface area contributed by atoms with E-state index in [1.807, 2.05) is 0 Å². The Balaban J connectivity index is 2.72. The van der Waals surface area contributed by atoms with E-state index in [1.165, 1.54) is 13.3 Å². The number of nitriles is 1. The number of carbonyl (C=O) groups excluding carboxylic acids is 1. The lowest BCUT2D eigenvalue weighted by atomic mass is 10.3. The number of esters is 1. The van der Waals surface area contributed by atoms with Gasteiger partial charge in [-0.25, -0.2) is 9.78 Å². The zero-order valence-corrected chi connectivity index (χ0v) is 8.10. The van der Waals surface area contributed by atoms with E-state index < -0.39 is 5.97 Å². The van der Waals surface area contributed by atoms with Crippen LogP contribution in [0.4, 0.5) is 5.82 Å². The Labute approximate surface area is 87.0 Å². The van der Waals surface area contributed by atoms with Crippen molar-refractivity contribution >= 4 is 11.8 Å². The van der Waals surface area contributed by atoms with Gasteiger partial charge in [0.2, 0.25) is 0 Å². The maximum atomic E-state index is 11.0. The summed E-state index contributed by atoms with van der Waals surface area (Å²) in [5.74, 6) is -0.130. The number of rotatable bonds is 3. The summed E-state index contributed by atoms with van der Waals surface area (Å²) in [6, 6.07) is 6.98. The van der Waals surface area contributed by atoms with Gasteiger partial charge in [-0.3, -0.25) is 0 Å². The minimum Gasteiger partial charge on any atom is -0.465 e. The van der Waals surface area contributed by atoms with Crippen LogP contribution in [0.3, 0.4) is 0 Å². The molecule has 1 N–H and O–H groups in total. The molecule has 15 heavy (non-hydrogen) atoms. The molecule has 0 spiro atoms. The van der Waals surface area contributed by atoms with E-state index in [2.05, 4.69) is 15.0 Å². The minimum atomic E-state index is -0.680. The van der Waals surface area contributed by atoms with Crippen molar-refractivity contribution in [3.05, 3.63) is 36.2 Å². The van der Waals surface area contributed by atoms with Crippen LogP contribution < -0.4 is 5.32 Å². The zero-order valence-electron chi connectivity index (χ0n) is 8.10. The highest BCUT2D eigenvalue weighted by molar-refractivity contribution is 5.92. The Morgan fingerprint density at radius 1 is 1.67 bits per heavy atom. The molecule has 0 unspecified atom stereocenters. The molecule has 1 rings (SSSR count). The van der Waals surface area contributed by atoms with Crippen molar-refractivity contribution in [2.45, 2.75) is 0 Å². The molecule has 0 fully saturated rings. The molecule has 0 atom stereocenters. The summed E-state index contributed by atoms with van der Waals surface area (Å²) in [5, 5.41) is 11.3. The van der Waals surface area contributed by atoms with Crippen LogP contribution in [0.5, 0.6) is 0 Å². The molecule has 1 aromatic rings. The molecule has 5 heteroatoms. The van der Waals surface area contributed by atoms with Crippen LogP contribution in [0, 0.1) is 11.3 Å². The molecule has 76 valence electrons. The van der Waals surface area contributed by atoms with Crippen LogP contribution in [0.25, 0.3) is 0 Å². The van der Waals surface area contributed by atoms with Gasteiger partial charge in [-0.05, 0) is 12.1 Å². The van der Waals surface area contributed by atoms with Gasteiger partial charge in [-0.2, -0.15) is 5.26 Å². The first-order valence-electron chi connectivity index (χ1n) is 4.14. The van der Waals surface area contributed by atoms with Crippen LogP contribution in [0.15, 0.2) is 36.2 Å². The topological polar surface area (TPSA) is 75.0 Å². The second-order valence-electron chi connectivity index (χ2n) is 2.52. The number of aromatic nitrogens is 1. The largest absolute Gasteiger partial charge is 0.465 e. The van der Waals surface area contributed by atoms with Crippen molar-refractivity contribution in [3.63, 3.8) is 0 Å². The molecule has 0 saturated carbocycles. The van der Waals surface area contributed by atoms with Crippen molar-refractivity contribution in [1.82, 2.24) is 4.98 Å². The van der Waals surface area contributed by atoms with Crippen LogP contribution in [0.2, 0.25) is 0 Å². The van der Waals surface area contributed by atoms with Crippen molar-refractivity contribution in [2.75, 3.05) is 12.4 Å². The van der Waals surface area contributed by atoms with Crippen molar-refractivity contribution in [3.8, 4) is 6.07 Å². The zero-order chi connectivity index (χ0) is 11.1. The van der Waals surface area contributed by atoms with Crippen LogP contribution in [-0.4, -0.2) is 18.1 Å². The van der Waals surface area contributed by atoms with E-state index in [9.17, 15) is 4.79 Å². The second-order valence-corrected chi connectivity index (χ2v) is 2.52. The molecule has 0 bridgehead atoms. The molecule has 0 aliphatic rings. The molecule has 0 amide bonds. The number of ether oxygens (including phenoxy) is 1. The highest BCUT2D eigenvalue weighted by atomic mass is 16.5. The third-order valence-corrected chi connectivity index (χ3v) is 1.56. The minimum absolute atomic E-state index is 0.108. The molecule has 0 aliphatic carbocycles. The fraction of sp³-hybridized carbons (Fsp3) is 0.100. The summed E-state index contributed by atoms with van der Waals surface area (Å²) >= 11 is 0. The molecule has 1 aromatic heterocycles. The predicted molar refractivity (Wildman–Crippen MR) is 53.6 cm³/mol. The number of pyridine rings is 1. The summed E-state index contributed by atoms with van der Waals surface area (Å²) in [6.45, 7) is 0.